The average Bonchev–Trinajstić information content (AvgIpc) is 3.47. The molecule has 472 valence electrons. The number of carbonyl (C=O) groups excluding carboxylic acids is 3. The molecule has 0 bridgehead atoms. The molecule has 0 rings (SSSR count). The van der Waals surface area contributed by atoms with Gasteiger partial charge in [0, 0.05) is 19.3 Å². The Morgan fingerprint density at radius 1 is 0.247 bits per heavy atom. The smallest absolute Gasteiger partial charge is 0.306 e. The van der Waals surface area contributed by atoms with E-state index >= 15 is 0 Å². The van der Waals surface area contributed by atoms with Crippen molar-refractivity contribution in [1.29, 1.82) is 0 Å². The van der Waals surface area contributed by atoms with Gasteiger partial charge in [-0.25, -0.2) is 0 Å². The van der Waals surface area contributed by atoms with Crippen LogP contribution in [0.3, 0.4) is 0 Å². The van der Waals surface area contributed by atoms with Crippen molar-refractivity contribution in [1.82, 2.24) is 0 Å². The molecular formula is C75H136O6. The van der Waals surface area contributed by atoms with Crippen LogP contribution in [0.15, 0.2) is 60.8 Å². The van der Waals surface area contributed by atoms with Crippen molar-refractivity contribution in [3.8, 4) is 0 Å². The van der Waals surface area contributed by atoms with E-state index in [0.717, 1.165) is 77.0 Å². The lowest BCUT2D eigenvalue weighted by Crippen LogP contribution is -2.30. The van der Waals surface area contributed by atoms with Crippen molar-refractivity contribution in [3.63, 3.8) is 0 Å². The fraction of sp³-hybridized carbons (Fsp3) is 0.827. The van der Waals surface area contributed by atoms with Gasteiger partial charge in [-0.1, -0.05) is 332 Å². The van der Waals surface area contributed by atoms with Crippen LogP contribution in [0.4, 0.5) is 0 Å². The van der Waals surface area contributed by atoms with Gasteiger partial charge in [0.15, 0.2) is 6.10 Å². The van der Waals surface area contributed by atoms with Crippen LogP contribution < -0.4 is 0 Å². The molecule has 6 nitrogen and oxygen atoms in total. The normalized spacial score (nSPS) is 12.4. The van der Waals surface area contributed by atoms with E-state index in [1.54, 1.807) is 0 Å². The number of rotatable bonds is 66. The van der Waals surface area contributed by atoms with E-state index in [4.69, 9.17) is 14.2 Å². The van der Waals surface area contributed by atoms with Crippen molar-refractivity contribution < 1.29 is 28.6 Å². The van der Waals surface area contributed by atoms with Gasteiger partial charge in [-0.3, -0.25) is 14.4 Å². The van der Waals surface area contributed by atoms with Gasteiger partial charge >= 0.3 is 17.9 Å². The highest BCUT2D eigenvalue weighted by molar-refractivity contribution is 5.71. The fourth-order valence-corrected chi connectivity index (χ4v) is 10.6. The lowest BCUT2D eigenvalue weighted by Gasteiger charge is -2.18. The molecule has 0 aliphatic heterocycles. The maximum Gasteiger partial charge on any atom is 0.306 e. The third-order valence-corrected chi connectivity index (χ3v) is 16.0. The van der Waals surface area contributed by atoms with Gasteiger partial charge in [0.1, 0.15) is 13.2 Å². The summed E-state index contributed by atoms with van der Waals surface area (Å²) in [5.41, 5.74) is 0. The molecule has 0 aromatic rings. The van der Waals surface area contributed by atoms with Gasteiger partial charge < -0.3 is 14.2 Å². The Hall–Kier alpha value is -2.89. The monoisotopic (exact) mass is 1130 g/mol. The number of ether oxygens (including phenoxy) is 3. The van der Waals surface area contributed by atoms with Gasteiger partial charge in [0.05, 0.1) is 0 Å². The molecular weight excluding hydrogens is 997 g/mol. The maximum absolute atomic E-state index is 13.0. The molecule has 6 heteroatoms. The van der Waals surface area contributed by atoms with Gasteiger partial charge in [-0.2, -0.15) is 0 Å². The Labute approximate surface area is 504 Å². The molecule has 0 aliphatic carbocycles. The molecule has 0 radical (unpaired) electrons. The van der Waals surface area contributed by atoms with E-state index in [1.807, 2.05) is 0 Å². The van der Waals surface area contributed by atoms with Crippen molar-refractivity contribution in [3.05, 3.63) is 60.8 Å². The van der Waals surface area contributed by atoms with E-state index in [1.165, 1.54) is 263 Å². The fourth-order valence-electron chi connectivity index (χ4n) is 10.6. The highest BCUT2D eigenvalue weighted by atomic mass is 16.6. The summed E-state index contributed by atoms with van der Waals surface area (Å²) in [4.78, 5) is 38.5. The molecule has 1 unspecified atom stereocenters. The zero-order valence-corrected chi connectivity index (χ0v) is 54.3. The van der Waals surface area contributed by atoms with Crippen LogP contribution in [0.2, 0.25) is 0 Å². The zero-order valence-electron chi connectivity index (χ0n) is 54.3. The highest BCUT2D eigenvalue weighted by Gasteiger charge is 2.19. The summed E-state index contributed by atoms with van der Waals surface area (Å²) in [6.07, 6.45) is 89.5. The van der Waals surface area contributed by atoms with Crippen molar-refractivity contribution in [2.24, 2.45) is 0 Å². The van der Waals surface area contributed by atoms with Crippen molar-refractivity contribution >= 4 is 17.9 Å². The number of carbonyl (C=O) groups is 3. The first-order valence-electron chi connectivity index (χ1n) is 35.8. The second-order valence-corrected chi connectivity index (χ2v) is 24.1. The summed E-state index contributed by atoms with van der Waals surface area (Å²) >= 11 is 0. The number of allylic oxidation sites excluding steroid dienone is 10. The minimum atomic E-state index is -0.777. The van der Waals surface area contributed by atoms with Crippen molar-refractivity contribution in [2.75, 3.05) is 13.2 Å². The van der Waals surface area contributed by atoms with Gasteiger partial charge in [0.25, 0.3) is 0 Å². The van der Waals surface area contributed by atoms with Gasteiger partial charge in [0.2, 0.25) is 0 Å². The predicted molar refractivity (Wildman–Crippen MR) is 353 cm³/mol. The summed E-state index contributed by atoms with van der Waals surface area (Å²) in [7, 11) is 0. The molecule has 0 aromatic carbocycles. The standard InChI is InChI=1S/C75H136O6/c1-4-7-10-13-16-19-22-25-28-30-32-34-35-36-37-38-39-41-42-44-47-50-53-56-59-62-65-68-74(77)80-71-72(70-79-73(76)67-64-61-58-55-52-49-46-27-24-21-18-15-12-9-6-3)81-75(78)69-66-63-60-57-54-51-48-45-43-40-33-31-29-26-23-20-17-14-11-8-5-2/h22-23,25-26,30-33,35-36,72H,4-21,24,27-29,34,37-71H2,1-3H3/b25-22-,26-23-,32-30-,33-31-,36-35-. The van der Waals surface area contributed by atoms with Crippen LogP contribution >= 0.6 is 0 Å². The molecule has 0 saturated heterocycles. The number of hydrogen-bond donors (Lipinski definition) is 0. The van der Waals surface area contributed by atoms with E-state index in [-0.39, 0.29) is 31.1 Å². The lowest BCUT2D eigenvalue weighted by atomic mass is 10.0. The molecule has 1 atom stereocenters. The minimum Gasteiger partial charge on any atom is -0.462 e. The van der Waals surface area contributed by atoms with Gasteiger partial charge in [-0.15, -0.1) is 0 Å². The second kappa shape index (κ2) is 69.6. The molecule has 0 aromatic heterocycles. The van der Waals surface area contributed by atoms with Gasteiger partial charge in [-0.05, 0) is 89.9 Å². The van der Waals surface area contributed by atoms with Crippen LogP contribution in [0.1, 0.15) is 380 Å². The zero-order chi connectivity index (χ0) is 58.5. The van der Waals surface area contributed by atoms with E-state index in [0.29, 0.717) is 19.3 Å². The quantitative estimate of drug-likeness (QED) is 0.0261. The second-order valence-electron chi connectivity index (χ2n) is 24.1. The molecule has 81 heavy (non-hydrogen) atoms. The Kier molecular flexibility index (Phi) is 67.1. The Morgan fingerprint density at radius 2 is 0.444 bits per heavy atom. The lowest BCUT2D eigenvalue weighted by molar-refractivity contribution is -0.167. The first-order valence-corrected chi connectivity index (χ1v) is 35.8. The molecule has 0 heterocycles. The number of esters is 3. The topological polar surface area (TPSA) is 78.9 Å². The summed E-state index contributed by atoms with van der Waals surface area (Å²) in [6.45, 7) is 6.68. The average molecular weight is 1130 g/mol. The first kappa shape index (κ1) is 78.1. The molecule has 0 saturated carbocycles. The largest absolute Gasteiger partial charge is 0.462 e. The van der Waals surface area contributed by atoms with Crippen LogP contribution in [0.5, 0.6) is 0 Å². The Balaban J connectivity index is 4.29. The number of hydrogen-bond acceptors (Lipinski definition) is 6. The third-order valence-electron chi connectivity index (χ3n) is 16.0. The van der Waals surface area contributed by atoms with E-state index in [2.05, 4.69) is 81.5 Å². The first-order chi connectivity index (χ1) is 40.0. The van der Waals surface area contributed by atoms with E-state index < -0.39 is 6.10 Å². The molecule has 0 amide bonds. The van der Waals surface area contributed by atoms with Crippen molar-refractivity contribution in [2.45, 2.75) is 386 Å². The summed E-state index contributed by atoms with van der Waals surface area (Å²) < 4.78 is 17.0. The Bertz CT molecular complexity index is 1440. The third kappa shape index (κ3) is 67.8. The molecule has 0 N–H and O–H groups in total. The predicted octanol–water partition coefficient (Wildman–Crippen LogP) is 24.7. The summed E-state index contributed by atoms with van der Waals surface area (Å²) in [5, 5.41) is 0. The summed E-state index contributed by atoms with van der Waals surface area (Å²) in [6, 6.07) is 0. The SMILES string of the molecule is CCCCCCC/C=C\C/C=C\C/C=C\CCCCCCCCCCCCCCC(=O)OCC(COC(=O)CCCCCCCCCCCCCCCCC)OC(=O)CCCCCCCCCCC/C=C\C/C=C\CCCCCCC. The highest BCUT2D eigenvalue weighted by Crippen LogP contribution is 2.18. The van der Waals surface area contributed by atoms with Crippen LogP contribution in [-0.4, -0.2) is 37.2 Å². The molecule has 0 fully saturated rings. The van der Waals surface area contributed by atoms with Crippen LogP contribution in [0, 0.1) is 0 Å². The summed E-state index contributed by atoms with van der Waals surface area (Å²) in [5.74, 6) is -0.853. The molecule has 0 aliphatic rings. The van der Waals surface area contributed by atoms with E-state index in [9.17, 15) is 14.4 Å². The number of unbranched alkanes of at least 4 members (excludes halogenated alkanes) is 45. The Morgan fingerprint density at radius 3 is 0.691 bits per heavy atom. The van der Waals surface area contributed by atoms with Crippen LogP contribution in [-0.2, 0) is 28.6 Å². The maximum atomic E-state index is 13.0. The minimum absolute atomic E-state index is 0.0720. The molecule has 0 spiro atoms. The van der Waals surface area contributed by atoms with Crippen LogP contribution in [0.25, 0.3) is 0 Å².